The molecule has 0 saturated carbocycles. The highest BCUT2D eigenvalue weighted by Gasteiger charge is 2.36. The quantitative estimate of drug-likeness (QED) is 0.898. The number of hydrogen-bond donors (Lipinski definition) is 1. The Kier molecular flexibility index (Phi) is 4.90. The first kappa shape index (κ1) is 15.4. The van der Waals surface area contributed by atoms with E-state index in [-0.39, 0.29) is 36.0 Å². The zero-order valence-corrected chi connectivity index (χ0v) is 12.1. The summed E-state index contributed by atoms with van der Waals surface area (Å²) < 4.78 is 17.9. The van der Waals surface area contributed by atoms with E-state index in [2.05, 4.69) is 5.32 Å². The number of carbonyl (C=O) groups excluding carboxylic acids is 2. The van der Waals surface area contributed by atoms with Crippen LogP contribution in [0.5, 0.6) is 0 Å². The summed E-state index contributed by atoms with van der Waals surface area (Å²) in [5.41, 5.74) is 0.525. The standard InChI is InChI=1S/C15H19FN2O3/c1-10(9-21-2)18-8-11(7-14(18)19)15(20)17-13-5-3-12(16)4-6-13/h3-6,10-11H,7-9H2,1-2H3,(H,17,20)/t10-,11-/m1/s1. The summed E-state index contributed by atoms with van der Waals surface area (Å²) >= 11 is 0. The molecular weight excluding hydrogens is 275 g/mol. The monoisotopic (exact) mass is 294 g/mol. The fourth-order valence-corrected chi connectivity index (χ4v) is 2.44. The van der Waals surface area contributed by atoms with Gasteiger partial charge in [-0.15, -0.1) is 0 Å². The molecule has 0 radical (unpaired) electrons. The van der Waals surface area contributed by atoms with Gasteiger partial charge in [0.05, 0.1) is 18.6 Å². The highest BCUT2D eigenvalue weighted by atomic mass is 19.1. The second kappa shape index (κ2) is 6.67. The number of methoxy groups -OCH3 is 1. The van der Waals surface area contributed by atoms with Gasteiger partial charge in [-0.05, 0) is 31.2 Å². The van der Waals surface area contributed by atoms with Crippen molar-refractivity contribution in [2.24, 2.45) is 5.92 Å². The van der Waals surface area contributed by atoms with Crippen LogP contribution < -0.4 is 5.32 Å². The number of nitrogens with zero attached hydrogens (tertiary/aromatic N) is 1. The molecule has 1 saturated heterocycles. The van der Waals surface area contributed by atoms with Crippen molar-refractivity contribution in [2.45, 2.75) is 19.4 Å². The zero-order chi connectivity index (χ0) is 15.4. The van der Waals surface area contributed by atoms with Gasteiger partial charge in [0.1, 0.15) is 5.82 Å². The van der Waals surface area contributed by atoms with Crippen molar-refractivity contribution in [2.75, 3.05) is 25.6 Å². The summed E-state index contributed by atoms with van der Waals surface area (Å²) in [6, 6.07) is 5.50. The highest BCUT2D eigenvalue weighted by molar-refractivity contribution is 5.97. The Balaban J connectivity index is 1.95. The lowest BCUT2D eigenvalue weighted by Crippen LogP contribution is -2.38. The molecule has 0 aromatic heterocycles. The second-order valence-electron chi connectivity index (χ2n) is 5.25. The predicted molar refractivity (Wildman–Crippen MR) is 76.2 cm³/mol. The summed E-state index contributed by atoms with van der Waals surface area (Å²) in [6.45, 7) is 2.72. The molecule has 0 bridgehead atoms. The normalized spacial score (nSPS) is 19.7. The van der Waals surface area contributed by atoms with Crippen LogP contribution in [0.1, 0.15) is 13.3 Å². The number of likely N-dealkylation sites (tertiary alicyclic amines) is 1. The molecule has 21 heavy (non-hydrogen) atoms. The summed E-state index contributed by atoms with van der Waals surface area (Å²) in [4.78, 5) is 25.8. The van der Waals surface area contributed by atoms with Gasteiger partial charge in [-0.25, -0.2) is 4.39 Å². The molecule has 1 aromatic carbocycles. The molecule has 2 atom stereocenters. The summed E-state index contributed by atoms with van der Waals surface area (Å²) in [6.07, 6.45) is 0.196. The molecule has 2 rings (SSSR count). The summed E-state index contributed by atoms with van der Waals surface area (Å²) in [5, 5.41) is 2.71. The van der Waals surface area contributed by atoms with Gasteiger partial charge in [0.15, 0.2) is 0 Å². The second-order valence-corrected chi connectivity index (χ2v) is 5.25. The zero-order valence-electron chi connectivity index (χ0n) is 12.1. The van der Waals surface area contributed by atoms with E-state index in [9.17, 15) is 14.0 Å². The maximum Gasteiger partial charge on any atom is 0.229 e. The average Bonchev–Trinajstić information content (AvgIpc) is 2.84. The Morgan fingerprint density at radius 1 is 1.48 bits per heavy atom. The molecule has 1 aromatic rings. The average molecular weight is 294 g/mol. The third-order valence-electron chi connectivity index (χ3n) is 3.58. The first-order valence-electron chi connectivity index (χ1n) is 6.86. The van der Waals surface area contributed by atoms with Crippen LogP contribution >= 0.6 is 0 Å². The van der Waals surface area contributed by atoms with Crippen LogP contribution in [0.25, 0.3) is 0 Å². The number of rotatable bonds is 5. The smallest absolute Gasteiger partial charge is 0.229 e. The Morgan fingerprint density at radius 3 is 2.76 bits per heavy atom. The van der Waals surface area contributed by atoms with E-state index in [1.165, 1.54) is 24.3 Å². The van der Waals surface area contributed by atoms with Crippen LogP contribution in [0.4, 0.5) is 10.1 Å². The summed E-state index contributed by atoms with van der Waals surface area (Å²) in [5.74, 6) is -1.01. The fourth-order valence-electron chi connectivity index (χ4n) is 2.44. The first-order valence-corrected chi connectivity index (χ1v) is 6.86. The van der Waals surface area contributed by atoms with E-state index < -0.39 is 0 Å². The number of halogens is 1. The van der Waals surface area contributed by atoms with E-state index >= 15 is 0 Å². The number of amides is 2. The maximum absolute atomic E-state index is 12.8. The SMILES string of the molecule is COC[C@@H](C)N1C[C@H](C(=O)Nc2ccc(F)cc2)CC1=O. The van der Waals surface area contributed by atoms with Crippen molar-refractivity contribution in [1.29, 1.82) is 0 Å². The Hall–Kier alpha value is -1.95. The lowest BCUT2D eigenvalue weighted by Gasteiger charge is -2.23. The van der Waals surface area contributed by atoms with Gasteiger partial charge < -0.3 is 15.0 Å². The van der Waals surface area contributed by atoms with Crippen molar-refractivity contribution >= 4 is 17.5 Å². The van der Waals surface area contributed by atoms with Crippen LogP contribution in [0.15, 0.2) is 24.3 Å². The molecule has 2 amide bonds. The number of benzene rings is 1. The molecule has 0 spiro atoms. The predicted octanol–water partition coefficient (Wildman–Crippen LogP) is 1.65. The van der Waals surface area contributed by atoms with Crippen molar-refractivity contribution in [3.8, 4) is 0 Å². The molecule has 114 valence electrons. The lowest BCUT2D eigenvalue weighted by molar-refractivity contribution is -0.130. The van der Waals surface area contributed by atoms with E-state index in [0.29, 0.717) is 18.8 Å². The molecule has 6 heteroatoms. The number of carbonyl (C=O) groups is 2. The fraction of sp³-hybridized carbons (Fsp3) is 0.467. The van der Waals surface area contributed by atoms with Crippen molar-refractivity contribution in [3.05, 3.63) is 30.1 Å². The topological polar surface area (TPSA) is 58.6 Å². The maximum atomic E-state index is 12.8. The van der Waals surface area contributed by atoms with Gasteiger partial charge in [0, 0.05) is 25.8 Å². The largest absolute Gasteiger partial charge is 0.383 e. The van der Waals surface area contributed by atoms with Crippen molar-refractivity contribution in [1.82, 2.24) is 4.90 Å². The van der Waals surface area contributed by atoms with Gasteiger partial charge >= 0.3 is 0 Å². The van der Waals surface area contributed by atoms with E-state index in [1.807, 2.05) is 6.92 Å². The van der Waals surface area contributed by atoms with Crippen LogP contribution in [0.3, 0.4) is 0 Å². The van der Waals surface area contributed by atoms with Crippen LogP contribution in [-0.2, 0) is 14.3 Å². The number of hydrogen-bond acceptors (Lipinski definition) is 3. The van der Waals surface area contributed by atoms with Crippen LogP contribution in [0.2, 0.25) is 0 Å². The Labute approximate surface area is 123 Å². The van der Waals surface area contributed by atoms with Crippen molar-refractivity contribution < 1.29 is 18.7 Å². The molecular formula is C15H19FN2O3. The lowest BCUT2D eigenvalue weighted by atomic mass is 10.1. The molecule has 5 nitrogen and oxygen atoms in total. The molecule has 1 N–H and O–H groups in total. The minimum absolute atomic E-state index is 0.0428. The van der Waals surface area contributed by atoms with Crippen LogP contribution in [-0.4, -0.2) is 43.0 Å². The molecule has 0 unspecified atom stereocenters. The third-order valence-corrected chi connectivity index (χ3v) is 3.58. The van der Waals surface area contributed by atoms with E-state index in [4.69, 9.17) is 4.74 Å². The third kappa shape index (κ3) is 3.78. The highest BCUT2D eigenvalue weighted by Crippen LogP contribution is 2.22. The Bertz CT molecular complexity index is 518. The van der Waals surface area contributed by atoms with E-state index in [0.717, 1.165) is 0 Å². The minimum atomic E-state index is -0.387. The van der Waals surface area contributed by atoms with E-state index in [1.54, 1.807) is 12.0 Å². The van der Waals surface area contributed by atoms with Crippen LogP contribution in [0, 0.1) is 11.7 Å². The molecule has 1 aliphatic heterocycles. The number of ether oxygens (including phenoxy) is 1. The number of anilines is 1. The molecule has 1 heterocycles. The van der Waals surface area contributed by atoms with Crippen molar-refractivity contribution in [3.63, 3.8) is 0 Å². The summed E-state index contributed by atoms with van der Waals surface area (Å²) in [7, 11) is 1.58. The van der Waals surface area contributed by atoms with Gasteiger partial charge in [-0.3, -0.25) is 9.59 Å². The van der Waals surface area contributed by atoms with Gasteiger partial charge in [-0.1, -0.05) is 0 Å². The van der Waals surface area contributed by atoms with Gasteiger partial charge in [-0.2, -0.15) is 0 Å². The number of nitrogens with one attached hydrogen (secondary N) is 1. The molecule has 0 aliphatic carbocycles. The molecule has 1 aliphatic rings. The van der Waals surface area contributed by atoms with Gasteiger partial charge in [0.25, 0.3) is 0 Å². The minimum Gasteiger partial charge on any atom is -0.383 e. The molecule has 1 fully saturated rings. The van der Waals surface area contributed by atoms with Gasteiger partial charge in [0.2, 0.25) is 11.8 Å². The first-order chi connectivity index (χ1) is 10.0. The Morgan fingerprint density at radius 2 is 2.14 bits per heavy atom.